The molecule has 1 saturated heterocycles. The Morgan fingerprint density at radius 2 is 1.71 bits per heavy atom. The lowest BCUT2D eigenvalue weighted by Gasteiger charge is -2.24. The largest absolute Gasteiger partial charge is 0.507 e. The number of anilines is 1. The van der Waals surface area contributed by atoms with E-state index in [1.54, 1.807) is 31.2 Å². The average molecular weight is 478 g/mol. The van der Waals surface area contributed by atoms with E-state index in [4.69, 9.17) is 4.74 Å². The van der Waals surface area contributed by atoms with Crippen LogP contribution in [0.15, 0.2) is 54.1 Å². The van der Waals surface area contributed by atoms with Crippen molar-refractivity contribution >= 4 is 33.9 Å². The van der Waals surface area contributed by atoms with Crippen molar-refractivity contribution in [3.63, 3.8) is 0 Å². The summed E-state index contributed by atoms with van der Waals surface area (Å²) < 4.78 is 5.47. The van der Waals surface area contributed by atoms with Crippen LogP contribution < -0.4 is 9.64 Å². The first-order valence-corrected chi connectivity index (χ1v) is 11.9. The van der Waals surface area contributed by atoms with Gasteiger partial charge in [0.1, 0.15) is 16.5 Å². The number of amides is 1. The van der Waals surface area contributed by atoms with Crippen molar-refractivity contribution in [1.82, 2.24) is 10.2 Å². The molecule has 0 radical (unpaired) electrons. The predicted octanol–water partition coefficient (Wildman–Crippen LogP) is 5.17. The first-order valence-electron chi connectivity index (χ1n) is 11.1. The van der Waals surface area contributed by atoms with Gasteiger partial charge in [-0.05, 0) is 54.7 Å². The number of ketones is 1. The summed E-state index contributed by atoms with van der Waals surface area (Å²) in [4.78, 5) is 27.7. The minimum atomic E-state index is -0.826. The van der Waals surface area contributed by atoms with Gasteiger partial charge in [0.15, 0.2) is 0 Å². The number of ether oxygens (including phenoxy) is 1. The molecule has 1 aromatic heterocycles. The number of carbonyl (C=O) groups excluding carboxylic acids is 2. The van der Waals surface area contributed by atoms with Gasteiger partial charge in [-0.15, -0.1) is 10.2 Å². The summed E-state index contributed by atoms with van der Waals surface area (Å²) in [6, 6.07) is 13.7. The molecular weight excluding hydrogens is 450 g/mol. The predicted molar refractivity (Wildman–Crippen MR) is 132 cm³/mol. The highest BCUT2D eigenvalue weighted by molar-refractivity contribution is 7.15. The zero-order valence-corrected chi connectivity index (χ0v) is 20.6. The van der Waals surface area contributed by atoms with Crippen LogP contribution in [0.2, 0.25) is 0 Å². The number of aryl methyl sites for hydroxylation is 1. The van der Waals surface area contributed by atoms with Crippen LogP contribution in [0.25, 0.3) is 5.76 Å². The molecular formula is C26H27N3O4S. The van der Waals surface area contributed by atoms with Crippen molar-refractivity contribution in [2.75, 3.05) is 11.5 Å². The Morgan fingerprint density at radius 1 is 1.06 bits per heavy atom. The average Bonchev–Trinajstić information content (AvgIpc) is 3.34. The summed E-state index contributed by atoms with van der Waals surface area (Å²) in [5.41, 5.74) is 2.20. The molecule has 1 aliphatic rings. The zero-order chi connectivity index (χ0) is 24.6. The van der Waals surface area contributed by atoms with Crippen LogP contribution >= 0.6 is 11.3 Å². The Bertz CT molecular complexity index is 1250. The second kappa shape index (κ2) is 9.02. The number of carbonyl (C=O) groups is 2. The number of benzene rings is 2. The van der Waals surface area contributed by atoms with E-state index in [2.05, 4.69) is 31.0 Å². The van der Waals surface area contributed by atoms with Crippen molar-refractivity contribution < 1.29 is 19.4 Å². The number of aromatic nitrogens is 2. The van der Waals surface area contributed by atoms with E-state index in [1.807, 2.05) is 31.2 Å². The standard InChI is InChI=1S/C26H27N3O4S/c1-6-33-19-13-9-17(10-14-19)22(30)20-21(16-7-11-18(12-8-16)26(3,4)5)29(24(32)23(20)31)25-28-27-15(2)34-25/h7-14,21,30H,6H2,1-5H3/b22-20+. The molecule has 0 saturated carbocycles. The van der Waals surface area contributed by atoms with Gasteiger partial charge in [-0.1, -0.05) is 56.4 Å². The summed E-state index contributed by atoms with van der Waals surface area (Å²) in [5.74, 6) is -1.09. The molecule has 34 heavy (non-hydrogen) atoms. The van der Waals surface area contributed by atoms with Crippen LogP contribution in [0.5, 0.6) is 5.75 Å². The number of hydrogen-bond acceptors (Lipinski definition) is 7. The second-order valence-electron chi connectivity index (χ2n) is 9.10. The highest BCUT2D eigenvalue weighted by Crippen LogP contribution is 2.43. The van der Waals surface area contributed by atoms with Crippen molar-refractivity contribution in [3.8, 4) is 5.75 Å². The highest BCUT2D eigenvalue weighted by Gasteiger charge is 2.48. The molecule has 0 spiro atoms. The van der Waals surface area contributed by atoms with Crippen LogP contribution in [-0.4, -0.2) is 33.6 Å². The lowest BCUT2D eigenvalue weighted by Crippen LogP contribution is -2.29. The summed E-state index contributed by atoms with van der Waals surface area (Å²) in [5, 5.41) is 20.3. The number of aliphatic hydroxyl groups excluding tert-OH is 1. The summed E-state index contributed by atoms with van der Waals surface area (Å²) >= 11 is 1.22. The monoisotopic (exact) mass is 477 g/mol. The molecule has 8 heteroatoms. The molecule has 7 nitrogen and oxygen atoms in total. The number of nitrogens with zero attached hydrogens (tertiary/aromatic N) is 3. The van der Waals surface area contributed by atoms with Gasteiger partial charge < -0.3 is 9.84 Å². The topological polar surface area (TPSA) is 92.6 Å². The fraction of sp³-hybridized carbons (Fsp3) is 0.308. The van der Waals surface area contributed by atoms with Gasteiger partial charge >= 0.3 is 5.91 Å². The van der Waals surface area contributed by atoms with Crippen LogP contribution in [0.3, 0.4) is 0 Å². The van der Waals surface area contributed by atoms with E-state index in [9.17, 15) is 14.7 Å². The SMILES string of the molecule is CCOc1ccc(/C(O)=C2\C(=O)C(=O)N(c3nnc(C)s3)C2c2ccc(C(C)(C)C)cc2)cc1. The third-order valence-electron chi connectivity index (χ3n) is 5.70. The molecule has 1 aliphatic heterocycles. The normalized spacial score (nSPS) is 17.9. The summed E-state index contributed by atoms with van der Waals surface area (Å²) in [6.07, 6.45) is 0. The maximum atomic E-state index is 13.2. The van der Waals surface area contributed by atoms with Crippen LogP contribution in [0, 0.1) is 6.92 Å². The van der Waals surface area contributed by atoms with Gasteiger partial charge in [0.05, 0.1) is 18.2 Å². The van der Waals surface area contributed by atoms with E-state index < -0.39 is 17.7 Å². The van der Waals surface area contributed by atoms with E-state index in [0.717, 1.165) is 5.56 Å². The van der Waals surface area contributed by atoms with Crippen LogP contribution in [0.1, 0.15) is 55.4 Å². The maximum absolute atomic E-state index is 13.2. The van der Waals surface area contributed by atoms with Crippen molar-refractivity contribution in [2.24, 2.45) is 0 Å². The molecule has 2 heterocycles. The number of aliphatic hydroxyl groups is 1. The van der Waals surface area contributed by atoms with Crippen LogP contribution in [-0.2, 0) is 15.0 Å². The number of Topliss-reactive ketones (excluding diaryl/α,β-unsaturated/α-hetero) is 1. The Kier molecular flexibility index (Phi) is 6.27. The molecule has 1 N–H and O–H groups in total. The molecule has 1 amide bonds. The Balaban J connectivity index is 1.87. The smallest absolute Gasteiger partial charge is 0.301 e. The fourth-order valence-corrected chi connectivity index (χ4v) is 4.64. The molecule has 3 aromatic rings. The first-order chi connectivity index (χ1) is 16.1. The van der Waals surface area contributed by atoms with Crippen molar-refractivity contribution in [1.29, 1.82) is 0 Å². The maximum Gasteiger partial charge on any atom is 0.301 e. The quantitative estimate of drug-likeness (QED) is 0.310. The summed E-state index contributed by atoms with van der Waals surface area (Å²) in [6.45, 7) is 10.5. The van der Waals surface area contributed by atoms with Crippen LogP contribution in [0.4, 0.5) is 5.13 Å². The zero-order valence-electron chi connectivity index (χ0n) is 19.8. The molecule has 4 rings (SSSR count). The second-order valence-corrected chi connectivity index (χ2v) is 10.3. The molecule has 1 atom stereocenters. The van der Waals surface area contributed by atoms with Gasteiger partial charge in [0.25, 0.3) is 5.78 Å². The number of rotatable bonds is 5. The van der Waals surface area contributed by atoms with Crippen molar-refractivity contribution in [3.05, 3.63) is 75.8 Å². The van der Waals surface area contributed by atoms with E-state index in [1.165, 1.54) is 16.2 Å². The molecule has 176 valence electrons. The van der Waals surface area contributed by atoms with Crippen molar-refractivity contribution in [2.45, 2.75) is 46.1 Å². The Morgan fingerprint density at radius 3 is 2.24 bits per heavy atom. The van der Waals surface area contributed by atoms with E-state index in [-0.39, 0.29) is 16.7 Å². The first kappa shape index (κ1) is 23.6. The van der Waals surface area contributed by atoms with Gasteiger partial charge in [0.2, 0.25) is 5.13 Å². The Hall–Kier alpha value is -3.52. The third kappa shape index (κ3) is 4.33. The number of hydrogen-bond donors (Lipinski definition) is 1. The lowest BCUT2D eigenvalue weighted by molar-refractivity contribution is -0.132. The van der Waals surface area contributed by atoms with Gasteiger partial charge in [-0.25, -0.2) is 0 Å². The fourth-order valence-electron chi connectivity index (χ4n) is 3.93. The minimum absolute atomic E-state index is 0.0190. The molecule has 0 bridgehead atoms. The molecule has 1 unspecified atom stereocenters. The molecule has 1 fully saturated rings. The molecule has 0 aliphatic carbocycles. The van der Waals surface area contributed by atoms with E-state index in [0.29, 0.717) is 33.6 Å². The third-order valence-corrected chi connectivity index (χ3v) is 6.54. The lowest BCUT2D eigenvalue weighted by atomic mass is 9.85. The molecule has 2 aromatic carbocycles. The summed E-state index contributed by atoms with van der Waals surface area (Å²) in [7, 11) is 0. The van der Waals surface area contributed by atoms with Gasteiger partial charge in [-0.2, -0.15) is 0 Å². The van der Waals surface area contributed by atoms with Gasteiger partial charge in [0, 0.05) is 5.56 Å². The minimum Gasteiger partial charge on any atom is -0.507 e. The van der Waals surface area contributed by atoms with Gasteiger partial charge in [-0.3, -0.25) is 14.5 Å². The Labute approximate surface area is 202 Å². The highest BCUT2D eigenvalue weighted by atomic mass is 32.1. The van der Waals surface area contributed by atoms with E-state index >= 15 is 0 Å².